The molecule has 0 radical (unpaired) electrons. The number of hydrogen-bond acceptors (Lipinski definition) is 2. The molecule has 0 heterocycles. The fraction of sp³-hybridized carbons (Fsp3) is 0.429. The maximum atomic E-state index is 6.11. The number of hydrogen-bond donors (Lipinski definition) is 2. The van der Waals surface area contributed by atoms with Crippen molar-refractivity contribution < 1.29 is 0 Å². The van der Waals surface area contributed by atoms with Gasteiger partial charge in [-0.1, -0.05) is 35.9 Å². The minimum absolute atomic E-state index is 0.195. The zero-order valence-corrected chi connectivity index (χ0v) is 10.0. The van der Waals surface area contributed by atoms with E-state index < -0.39 is 0 Å². The Kier molecular flexibility index (Phi) is 3.42. The van der Waals surface area contributed by atoms with Crippen molar-refractivity contribution in [1.82, 2.24) is 5.32 Å². The second kappa shape index (κ2) is 4.81. The third-order valence-corrected chi connectivity index (χ3v) is 3.14. The van der Waals surface area contributed by atoms with Crippen LogP contribution in [-0.2, 0) is 0 Å². The molecular weight excluding hydrogens is 196 g/mol. The fourth-order valence-electron chi connectivity index (χ4n) is 2.27. The van der Waals surface area contributed by atoms with Crippen LogP contribution in [0.3, 0.4) is 0 Å². The predicted molar refractivity (Wildman–Crippen MR) is 68.2 cm³/mol. The van der Waals surface area contributed by atoms with Crippen molar-refractivity contribution in [2.75, 3.05) is 6.54 Å². The molecule has 2 heteroatoms. The molecule has 0 saturated heterocycles. The Hall–Kier alpha value is -1.12. The lowest BCUT2D eigenvalue weighted by molar-refractivity contribution is 0.523. The highest BCUT2D eigenvalue weighted by Gasteiger charge is 2.27. The van der Waals surface area contributed by atoms with Gasteiger partial charge in [0, 0.05) is 18.6 Å². The van der Waals surface area contributed by atoms with Crippen molar-refractivity contribution in [2.24, 2.45) is 5.73 Å². The lowest BCUT2D eigenvalue weighted by Crippen LogP contribution is -2.20. The maximum Gasteiger partial charge on any atom is 0.0344 e. The van der Waals surface area contributed by atoms with Crippen LogP contribution in [0.5, 0.6) is 0 Å². The monoisotopic (exact) mass is 216 g/mol. The number of rotatable bonds is 3. The normalized spacial score (nSPS) is 22.9. The lowest BCUT2D eigenvalue weighted by Gasteiger charge is -2.12. The van der Waals surface area contributed by atoms with E-state index in [0.717, 1.165) is 13.0 Å². The molecule has 0 bridgehead atoms. The standard InChI is InChI=1S/C14H20N2/c1-10(2)7-8-16-14-9-13(15)11-5-3-4-6-12(11)14/h3-7,13-14,16H,8-9,15H2,1-2H3. The summed E-state index contributed by atoms with van der Waals surface area (Å²) in [6.07, 6.45) is 3.22. The molecule has 16 heavy (non-hydrogen) atoms. The third kappa shape index (κ3) is 2.34. The zero-order valence-electron chi connectivity index (χ0n) is 10.0. The van der Waals surface area contributed by atoms with E-state index >= 15 is 0 Å². The van der Waals surface area contributed by atoms with Crippen LogP contribution in [0.2, 0.25) is 0 Å². The van der Waals surface area contributed by atoms with Gasteiger partial charge in [-0.2, -0.15) is 0 Å². The summed E-state index contributed by atoms with van der Waals surface area (Å²) in [5.74, 6) is 0. The maximum absolute atomic E-state index is 6.11. The molecule has 1 aromatic rings. The highest BCUT2D eigenvalue weighted by molar-refractivity contribution is 5.37. The van der Waals surface area contributed by atoms with E-state index in [1.54, 1.807) is 0 Å². The van der Waals surface area contributed by atoms with Crippen molar-refractivity contribution in [1.29, 1.82) is 0 Å². The second-order valence-electron chi connectivity index (χ2n) is 4.71. The summed E-state index contributed by atoms with van der Waals surface area (Å²) in [5, 5.41) is 3.54. The highest BCUT2D eigenvalue weighted by Crippen LogP contribution is 2.36. The molecule has 0 spiro atoms. The largest absolute Gasteiger partial charge is 0.324 e. The van der Waals surface area contributed by atoms with E-state index in [0.29, 0.717) is 6.04 Å². The minimum atomic E-state index is 0.195. The predicted octanol–water partition coefficient (Wildman–Crippen LogP) is 2.69. The molecule has 1 aromatic carbocycles. The van der Waals surface area contributed by atoms with Gasteiger partial charge in [-0.25, -0.2) is 0 Å². The van der Waals surface area contributed by atoms with E-state index in [2.05, 4.69) is 49.5 Å². The van der Waals surface area contributed by atoms with Crippen LogP contribution in [-0.4, -0.2) is 6.54 Å². The molecule has 2 unspecified atom stereocenters. The summed E-state index contributed by atoms with van der Waals surface area (Å²) >= 11 is 0. The first-order chi connectivity index (χ1) is 7.68. The average Bonchev–Trinajstić information content (AvgIpc) is 2.57. The van der Waals surface area contributed by atoms with Gasteiger partial charge < -0.3 is 11.1 Å². The lowest BCUT2D eigenvalue weighted by atomic mass is 10.1. The van der Waals surface area contributed by atoms with Crippen LogP contribution in [0.1, 0.15) is 43.5 Å². The first-order valence-electron chi connectivity index (χ1n) is 5.89. The number of nitrogens with one attached hydrogen (secondary N) is 1. The molecule has 1 aliphatic rings. The Morgan fingerprint density at radius 1 is 1.38 bits per heavy atom. The molecule has 0 saturated carbocycles. The molecule has 0 fully saturated rings. The Morgan fingerprint density at radius 2 is 2.06 bits per heavy atom. The van der Waals surface area contributed by atoms with E-state index in [1.807, 2.05) is 0 Å². The molecule has 2 atom stereocenters. The Bertz CT molecular complexity index is 391. The van der Waals surface area contributed by atoms with Gasteiger partial charge >= 0.3 is 0 Å². The van der Waals surface area contributed by atoms with Gasteiger partial charge in [0.15, 0.2) is 0 Å². The van der Waals surface area contributed by atoms with E-state index in [-0.39, 0.29) is 6.04 Å². The van der Waals surface area contributed by atoms with Crippen LogP contribution in [0.25, 0.3) is 0 Å². The summed E-state index contributed by atoms with van der Waals surface area (Å²) in [6.45, 7) is 5.17. The van der Waals surface area contributed by atoms with Crippen molar-refractivity contribution >= 4 is 0 Å². The molecule has 0 amide bonds. The van der Waals surface area contributed by atoms with Gasteiger partial charge in [0.2, 0.25) is 0 Å². The van der Waals surface area contributed by atoms with E-state index in [9.17, 15) is 0 Å². The Balaban J connectivity index is 2.06. The molecule has 0 aromatic heterocycles. The average molecular weight is 216 g/mol. The quantitative estimate of drug-likeness (QED) is 0.762. The topological polar surface area (TPSA) is 38.0 Å². The van der Waals surface area contributed by atoms with Gasteiger partial charge in [0.1, 0.15) is 0 Å². The minimum Gasteiger partial charge on any atom is -0.324 e. The van der Waals surface area contributed by atoms with Gasteiger partial charge in [0.25, 0.3) is 0 Å². The van der Waals surface area contributed by atoms with Gasteiger partial charge in [-0.3, -0.25) is 0 Å². The first-order valence-corrected chi connectivity index (χ1v) is 5.89. The van der Waals surface area contributed by atoms with Crippen LogP contribution >= 0.6 is 0 Å². The zero-order chi connectivity index (χ0) is 11.5. The van der Waals surface area contributed by atoms with Gasteiger partial charge in [-0.15, -0.1) is 0 Å². The summed E-state index contributed by atoms with van der Waals surface area (Å²) < 4.78 is 0. The summed E-state index contributed by atoms with van der Waals surface area (Å²) in [7, 11) is 0. The van der Waals surface area contributed by atoms with E-state index in [1.165, 1.54) is 16.7 Å². The SMILES string of the molecule is CC(C)=CCNC1CC(N)c2ccccc21. The molecule has 1 aliphatic carbocycles. The highest BCUT2D eigenvalue weighted by atomic mass is 14.9. The molecule has 3 N–H and O–H groups in total. The van der Waals surface area contributed by atoms with Gasteiger partial charge in [0.05, 0.1) is 0 Å². The summed E-state index contributed by atoms with van der Waals surface area (Å²) in [4.78, 5) is 0. The number of allylic oxidation sites excluding steroid dienone is 1. The van der Waals surface area contributed by atoms with Crippen LogP contribution in [0.15, 0.2) is 35.9 Å². The van der Waals surface area contributed by atoms with Crippen LogP contribution in [0, 0.1) is 0 Å². The van der Waals surface area contributed by atoms with Crippen molar-refractivity contribution in [3.8, 4) is 0 Å². The number of benzene rings is 1. The second-order valence-corrected chi connectivity index (χ2v) is 4.71. The van der Waals surface area contributed by atoms with Crippen molar-refractivity contribution in [2.45, 2.75) is 32.4 Å². The van der Waals surface area contributed by atoms with Crippen molar-refractivity contribution in [3.05, 3.63) is 47.0 Å². The third-order valence-electron chi connectivity index (χ3n) is 3.14. The number of nitrogens with two attached hydrogens (primary N) is 1. The van der Waals surface area contributed by atoms with Crippen LogP contribution < -0.4 is 11.1 Å². The first kappa shape index (κ1) is 11.4. The number of fused-ring (bicyclic) bond motifs is 1. The molecule has 2 nitrogen and oxygen atoms in total. The summed E-state index contributed by atoms with van der Waals surface area (Å²) in [6, 6.07) is 9.09. The Labute approximate surface area is 97.5 Å². The van der Waals surface area contributed by atoms with Crippen LogP contribution in [0.4, 0.5) is 0 Å². The Morgan fingerprint density at radius 3 is 2.75 bits per heavy atom. The summed E-state index contributed by atoms with van der Waals surface area (Å²) in [5.41, 5.74) is 10.1. The van der Waals surface area contributed by atoms with Gasteiger partial charge in [-0.05, 0) is 31.4 Å². The molecule has 86 valence electrons. The van der Waals surface area contributed by atoms with E-state index in [4.69, 9.17) is 5.73 Å². The molecule has 2 rings (SSSR count). The molecular formula is C14H20N2. The molecule has 0 aliphatic heterocycles. The smallest absolute Gasteiger partial charge is 0.0344 e. The van der Waals surface area contributed by atoms with Crippen molar-refractivity contribution in [3.63, 3.8) is 0 Å². The fourth-order valence-corrected chi connectivity index (χ4v) is 2.27.